The highest BCUT2D eigenvalue weighted by Crippen LogP contribution is 2.26. The zero-order chi connectivity index (χ0) is 14.6. The van der Waals surface area contributed by atoms with Crippen molar-refractivity contribution < 1.29 is 4.48 Å². The lowest BCUT2D eigenvalue weighted by atomic mass is 9.90. The molecule has 0 radical (unpaired) electrons. The molecule has 0 saturated carbocycles. The van der Waals surface area contributed by atoms with Crippen molar-refractivity contribution in [3.63, 3.8) is 0 Å². The molecule has 0 aromatic heterocycles. The Kier molecular flexibility index (Phi) is 4.61. The van der Waals surface area contributed by atoms with Crippen LogP contribution in [0.5, 0.6) is 0 Å². The van der Waals surface area contributed by atoms with E-state index in [1.54, 1.807) is 0 Å². The van der Waals surface area contributed by atoms with Crippen LogP contribution >= 0.6 is 0 Å². The highest BCUT2D eigenvalue weighted by atomic mass is 15.4. The number of quaternary nitrogens is 1. The molecule has 3 nitrogen and oxygen atoms in total. The summed E-state index contributed by atoms with van der Waals surface area (Å²) in [6.07, 6.45) is 3.08. The van der Waals surface area contributed by atoms with Gasteiger partial charge in [-0.05, 0) is 25.1 Å². The number of likely N-dealkylation sites (N-methyl/N-ethyl adjacent to an activating group) is 1. The number of nitrogens with zero attached hydrogens (tertiary/aromatic N) is 2. The van der Waals surface area contributed by atoms with Crippen molar-refractivity contribution in [1.29, 1.82) is 0 Å². The van der Waals surface area contributed by atoms with Crippen LogP contribution in [0.15, 0.2) is 48.1 Å². The fraction of sp³-hybridized carbons (Fsp3) is 0.471. The molecule has 2 rings (SSSR count). The average molecular weight is 272 g/mol. The van der Waals surface area contributed by atoms with E-state index in [0.717, 1.165) is 29.7 Å². The summed E-state index contributed by atoms with van der Waals surface area (Å²) in [5.74, 6) is 0.507. The smallest absolute Gasteiger partial charge is 0.0971 e. The molecule has 1 aromatic rings. The largest absolute Gasteiger partial charge is 0.320 e. The number of hydrazone groups is 1. The lowest BCUT2D eigenvalue weighted by Gasteiger charge is -2.45. The van der Waals surface area contributed by atoms with E-state index in [-0.39, 0.29) is 0 Å². The van der Waals surface area contributed by atoms with Gasteiger partial charge < -0.3 is 4.48 Å². The first-order valence-electron chi connectivity index (χ1n) is 7.38. The Morgan fingerprint density at radius 3 is 2.70 bits per heavy atom. The quantitative estimate of drug-likeness (QED) is 0.506. The fourth-order valence-electron chi connectivity index (χ4n) is 2.99. The van der Waals surface area contributed by atoms with E-state index in [1.807, 2.05) is 36.4 Å². The van der Waals surface area contributed by atoms with Crippen LogP contribution in [0.3, 0.4) is 0 Å². The van der Waals surface area contributed by atoms with Crippen LogP contribution in [0.4, 0.5) is 5.69 Å². The molecule has 3 atom stereocenters. The number of hydrogen-bond donors (Lipinski definition) is 1. The molecule has 1 aliphatic rings. The van der Waals surface area contributed by atoms with Crippen LogP contribution in [0, 0.1) is 5.92 Å². The zero-order valence-corrected chi connectivity index (χ0v) is 12.8. The van der Waals surface area contributed by atoms with Gasteiger partial charge in [0, 0.05) is 12.3 Å². The number of anilines is 1. The van der Waals surface area contributed by atoms with Gasteiger partial charge in [0.1, 0.15) is 0 Å². The summed E-state index contributed by atoms with van der Waals surface area (Å²) in [5, 5.41) is 4.64. The third-order valence-corrected chi connectivity index (χ3v) is 4.48. The van der Waals surface area contributed by atoms with Gasteiger partial charge in [-0.3, -0.25) is 5.43 Å². The highest BCUT2D eigenvalue weighted by Gasteiger charge is 2.38. The molecule has 1 heterocycles. The van der Waals surface area contributed by atoms with Crippen molar-refractivity contribution >= 4 is 11.4 Å². The van der Waals surface area contributed by atoms with E-state index < -0.39 is 0 Å². The van der Waals surface area contributed by atoms with Crippen LogP contribution in [0.1, 0.15) is 20.3 Å². The molecule has 108 valence electrons. The van der Waals surface area contributed by atoms with Gasteiger partial charge in [0.2, 0.25) is 0 Å². The van der Waals surface area contributed by atoms with Crippen molar-refractivity contribution in [1.82, 2.24) is 0 Å². The number of nitrogens with one attached hydrogen (secondary N) is 1. The van der Waals surface area contributed by atoms with Crippen LogP contribution < -0.4 is 5.43 Å². The monoisotopic (exact) mass is 272 g/mol. The normalized spacial score (nSPS) is 32.0. The van der Waals surface area contributed by atoms with Gasteiger partial charge in [0.05, 0.1) is 37.6 Å². The molecule has 0 aliphatic carbocycles. The molecule has 0 bridgehead atoms. The minimum atomic E-state index is 0.507. The number of para-hydroxylation sites is 1. The number of hydrogen-bond acceptors (Lipinski definition) is 2. The van der Waals surface area contributed by atoms with Gasteiger partial charge in [-0.25, -0.2) is 0 Å². The summed E-state index contributed by atoms with van der Waals surface area (Å²) >= 11 is 0. The minimum absolute atomic E-state index is 0.507. The van der Waals surface area contributed by atoms with Gasteiger partial charge in [-0.1, -0.05) is 31.7 Å². The molecule has 20 heavy (non-hydrogen) atoms. The highest BCUT2D eigenvalue weighted by molar-refractivity contribution is 5.88. The molecule has 1 N–H and O–H groups in total. The van der Waals surface area contributed by atoms with E-state index in [9.17, 15) is 0 Å². The molecular weight excluding hydrogens is 246 g/mol. The van der Waals surface area contributed by atoms with Crippen molar-refractivity contribution in [3.8, 4) is 0 Å². The Labute approximate surface area is 122 Å². The molecule has 1 aromatic carbocycles. The van der Waals surface area contributed by atoms with E-state index in [2.05, 4.69) is 38.0 Å². The Balaban J connectivity index is 2.06. The van der Waals surface area contributed by atoms with Gasteiger partial charge in [-0.15, -0.1) is 0 Å². The van der Waals surface area contributed by atoms with Crippen LogP contribution in [-0.4, -0.2) is 36.4 Å². The summed E-state index contributed by atoms with van der Waals surface area (Å²) in [4.78, 5) is 0. The van der Waals surface area contributed by atoms with Crippen molar-refractivity contribution in [2.75, 3.05) is 25.6 Å². The van der Waals surface area contributed by atoms with E-state index >= 15 is 0 Å². The lowest BCUT2D eigenvalue weighted by molar-refractivity contribution is -0.930. The zero-order valence-electron chi connectivity index (χ0n) is 12.8. The second-order valence-electron chi connectivity index (χ2n) is 6.17. The molecule has 1 fully saturated rings. The second kappa shape index (κ2) is 6.23. The number of rotatable bonds is 4. The van der Waals surface area contributed by atoms with Gasteiger partial charge in [0.15, 0.2) is 0 Å². The maximum absolute atomic E-state index is 4.64. The number of piperidine rings is 1. The minimum Gasteiger partial charge on any atom is -0.320 e. The molecule has 0 spiro atoms. The topological polar surface area (TPSA) is 24.4 Å². The Bertz CT molecular complexity index is 480. The molecule has 1 saturated heterocycles. The molecule has 0 amide bonds. The third kappa shape index (κ3) is 3.28. The van der Waals surface area contributed by atoms with Gasteiger partial charge in [0.25, 0.3) is 0 Å². The molecular formula is C17H26N3+. The first-order chi connectivity index (χ1) is 9.55. The predicted molar refractivity (Wildman–Crippen MR) is 86.9 cm³/mol. The standard InChI is InChI=1S/C17H26N3/c1-5-11-20(4)13-14(2)17(12-15(20)3)19-18-16-9-7-6-8-10-16/h5-10,14-15,18H,1,11-13H2,2-4H3/q+1/t14-,15-,20+/m0/s1. The van der Waals surface area contributed by atoms with Crippen molar-refractivity contribution in [2.45, 2.75) is 26.3 Å². The first kappa shape index (κ1) is 14.8. The van der Waals surface area contributed by atoms with Crippen LogP contribution in [0.25, 0.3) is 0 Å². The van der Waals surface area contributed by atoms with Crippen LogP contribution in [-0.2, 0) is 0 Å². The number of likely N-dealkylation sites (tertiary alicyclic amines) is 1. The Hall–Kier alpha value is -1.61. The molecule has 0 unspecified atom stereocenters. The van der Waals surface area contributed by atoms with Crippen molar-refractivity contribution in [2.24, 2.45) is 11.0 Å². The molecule has 3 heteroatoms. The number of benzene rings is 1. The SMILES string of the molecule is C=CC[N@+]1(C)C[C@H](C)C(=NNc2ccccc2)C[C@@H]1C. The summed E-state index contributed by atoms with van der Waals surface area (Å²) in [6.45, 7) is 10.6. The Morgan fingerprint density at radius 2 is 2.05 bits per heavy atom. The summed E-state index contributed by atoms with van der Waals surface area (Å²) in [6, 6.07) is 10.7. The summed E-state index contributed by atoms with van der Waals surface area (Å²) < 4.78 is 1.06. The summed E-state index contributed by atoms with van der Waals surface area (Å²) in [5.41, 5.74) is 5.51. The van der Waals surface area contributed by atoms with Crippen molar-refractivity contribution in [3.05, 3.63) is 43.0 Å². The summed E-state index contributed by atoms with van der Waals surface area (Å²) in [7, 11) is 2.32. The van der Waals surface area contributed by atoms with E-state index in [4.69, 9.17) is 0 Å². The first-order valence-corrected chi connectivity index (χ1v) is 7.38. The van der Waals surface area contributed by atoms with Gasteiger partial charge in [-0.2, -0.15) is 5.10 Å². The average Bonchev–Trinajstić information content (AvgIpc) is 2.43. The maximum Gasteiger partial charge on any atom is 0.0971 e. The second-order valence-corrected chi connectivity index (χ2v) is 6.17. The third-order valence-electron chi connectivity index (χ3n) is 4.48. The van der Waals surface area contributed by atoms with Crippen LogP contribution in [0.2, 0.25) is 0 Å². The van der Waals surface area contributed by atoms with Gasteiger partial charge >= 0.3 is 0 Å². The maximum atomic E-state index is 4.64. The van der Waals surface area contributed by atoms with E-state index in [1.165, 1.54) is 5.71 Å². The predicted octanol–water partition coefficient (Wildman–Crippen LogP) is 3.52. The van der Waals surface area contributed by atoms with E-state index in [0.29, 0.717) is 12.0 Å². The molecule has 1 aliphatic heterocycles. The lowest BCUT2D eigenvalue weighted by Crippen LogP contribution is -2.58. The fourth-order valence-corrected chi connectivity index (χ4v) is 2.99. The Morgan fingerprint density at radius 1 is 1.35 bits per heavy atom.